The molecule has 1 saturated heterocycles. The highest BCUT2D eigenvalue weighted by atomic mass is 32.2. The summed E-state index contributed by atoms with van der Waals surface area (Å²) in [5.41, 5.74) is 7.24. The van der Waals surface area contributed by atoms with Crippen LogP contribution in [0, 0.1) is 13.8 Å². The average molecular weight is 574 g/mol. The van der Waals surface area contributed by atoms with Gasteiger partial charge in [0.15, 0.2) is 4.21 Å². The van der Waals surface area contributed by atoms with E-state index in [1.54, 1.807) is 33.0 Å². The second kappa shape index (κ2) is 12.1. The lowest BCUT2D eigenvalue weighted by Crippen LogP contribution is -2.39. The van der Waals surface area contributed by atoms with E-state index in [4.69, 9.17) is 15.2 Å². The summed E-state index contributed by atoms with van der Waals surface area (Å²) < 4.78 is 41.0. The Bertz CT molecular complexity index is 1560. The highest BCUT2D eigenvalue weighted by Gasteiger charge is 2.22. The van der Waals surface area contributed by atoms with Crippen molar-refractivity contribution in [2.45, 2.75) is 25.0 Å². The van der Waals surface area contributed by atoms with Gasteiger partial charge in [-0.1, -0.05) is 6.58 Å². The predicted octanol–water partition coefficient (Wildman–Crippen LogP) is 2.47. The van der Waals surface area contributed by atoms with Gasteiger partial charge in [0, 0.05) is 32.0 Å². The highest BCUT2D eigenvalue weighted by molar-refractivity contribution is 7.94. The van der Waals surface area contributed by atoms with Gasteiger partial charge >= 0.3 is 0 Å². The summed E-state index contributed by atoms with van der Waals surface area (Å²) in [7, 11) is -3.93. The summed E-state index contributed by atoms with van der Waals surface area (Å²) in [5, 5.41) is 0.635. The van der Waals surface area contributed by atoms with Gasteiger partial charge in [-0.2, -0.15) is 0 Å². The third-order valence-corrected chi connectivity index (χ3v) is 9.04. The van der Waals surface area contributed by atoms with E-state index in [0.717, 1.165) is 24.4 Å². The quantitative estimate of drug-likeness (QED) is 0.370. The Hall–Kier alpha value is -3.59. The first kappa shape index (κ1) is 28.4. The van der Waals surface area contributed by atoms with Crippen molar-refractivity contribution in [3.05, 3.63) is 57.5 Å². The molecule has 3 N–H and O–H groups in total. The standard InChI is InChI=1S/C25H31N7O5S2/c1-5-22-27-14-21(37-11-8-31-6-9-36-10-7-31)24(33)32(22)15-16(2)19-12-20(23(26)28-13-19)30-39(34,35)25-17(3)29-18(4)38-25/h5,12-15,30H,1,6-11H2,2-4H3,(H2,26,28)/b16-15+. The summed E-state index contributed by atoms with van der Waals surface area (Å²) in [5.74, 6) is 0.438. The number of nitrogens with one attached hydrogen (secondary N) is 1. The maximum absolute atomic E-state index is 13.2. The number of ether oxygens (including phenoxy) is 2. The van der Waals surface area contributed by atoms with E-state index in [1.807, 2.05) is 0 Å². The molecule has 0 spiro atoms. The van der Waals surface area contributed by atoms with Crippen molar-refractivity contribution < 1.29 is 17.9 Å². The Morgan fingerprint density at radius 3 is 2.69 bits per heavy atom. The minimum Gasteiger partial charge on any atom is -0.485 e. The Morgan fingerprint density at radius 1 is 1.28 bits per heavy atom. The maximum atomic E-state index is 13.2. The Morgan fingerprint density at radius 2 is 2.03 bits per heavy atom. The molecule has 4 heterocycles. The van der Waals surface area contributed by atoms with Gasteiger partial charge in [0.2, 0.25) is 5.75 Å². The maximum Gasteiger partial charge on any atom is 0.300 e. The number of anilines is 2. The molecule has 39 heavy (non-hydrogen) atoms. The lowest BCUT2D eigenvalue weighted by atomic mass is 10.1. The smallest absolute Gasteiger partial charge is 0.300 e. The third-order valence-electron chi connectivity index (χ3n) is 5.99. The van der Waals surface area contributed by atoms with E-state index < -0.39 is 15.6 Å². The number of thiazole rings is 1. The summed E-state index contributed by atoms with van der Waals surface area (Å²) in [6.45, 7) is 12.9. The minimum atomic E-state index is -3.93. The SMILES string of the molecule is C=Cc1ncc(OCCN2CCOCC2)c(=O)n1/C=C(\C)c1cnc(N)c(NS(=O)(=O)c2sc(C)nc2C)c1. The number of aromatic nitrogens is 4. The van der Waals surface area contributed by atoms with E-state index in [1.165, 1.54) is 23.0 Å². The van der Waals surface area contributed by atoms with Gasteiger partial charge in [-0.3, -0.25) is 19.0 Å². The van der Waals surface area contributed by atoms with Crippen molar-refractivity contribution >= 4 is 50.7 Å². The lowest BCUT2D eigenvalue weighted by Gasteiger charge is -2.26. The van der Waals surface area contributed by atoms with Crippen LogP contribution in [0.2, 0.25) is 0 Å². The number of nitrogen functional groups attached to an aromatic ring is 1. The molecule has 0 saturated carbocycles. The van der Waals surface area contributed by atoms with Crippen LogP contribution in [0.5, 0.6) is 5.75 Å². The van der Waals surface area contributed by atoms with Crippen LogP contribution in [0.3, 0.4) is 0 Å². The van der Waals surface area contributed by atoms with Gasteiger partial charge < -0.3 is 15.2 Å². The summed E-state index contributed by atoms with van der Waals surface area (Å²) in [6.07, 6.45) is 5.92. The molecule has 3 aromatic rings. The molecule has 1 aliphatic heterocycles. The highest BCUT2D eigenvalue weighted by Crippen LogP contribution is 2.29. The second-order valence-electron chi connectivity index (χ2n) is 8.84. The molecule has 0 amide bonds. The van der Waals surface area contributed by atoms with Crippen molar-refractivity contribution in [2.75, 3.05) is 49.9 Å². The molecule has 3 aromatic heterocycles. The number of sulfonamides is 1. The molecule has 0 aliphatic carbocycles. The van der Waals surface area contributed by atoms with Crippen LogP contribution in [0.25, 0.3) is 17.8 Å². The number of allylic oxidation sites excluding steroid dienone is 1. The molecular weight excluding hydrogens is 542 g/mol. The molecular formula is C25H31N7O5S2. The van der Waals surface area contributed by atoms with Crippen LogP contribution in [-0.4, -0.2) is 72.3 Å². The zero-order valence-electron chi connectivity index (χ0n) is 22.0. The Labute approximate surface area is 230 Å². The van der Waals surface area contributed by atoms with Gasteiger partial charge in [-0.15, -0.1) is 11.3 Å². The van der Waals surface area contributed by atoms with E-state index in [2.05, 4.69) is 31.2 Å². The number of nitrogens with two attached hydrogens (primary N) is 1. The van der Waals surface area contributed by atoms with E-state index in [9.17, 15) is 13.2 Å². The molecule has 0 unspecified atom stereocenters. The number of hydrogen-bond acceptors (Lipinski definition) is 11. The van der Waals surface area contributed by atoms with E-state index >= 15 is 0 Å². The van der Waals surface area contributed by atoms with E-state index in [0.29, 0.717) is 54.0 Å². The van der Waals surface area contributed by atoms with Crippen LogP contribution in [0.1, 0.15) is 29.0 Å². The molecule has 4 rings (SSSR count). The summed E-state index contributed by atoms with van der Waals surface area (Å²) in [6, 6.07) is 1.56. The number of aryl methyl sites for hydroxylation is 2. The van der Waals surface area contributed by atoms with Crippen LogP contribution >= 0.6 is 11.3 Å². The fourth-order valence-corrected chi connectivity index (χ4v) is 6.49. The second-order valence-corrected chi connectivity index (χ2v) is 11.9. The number of nitrogens with zero attached hydrogens (tertiary/aromatic N) is 5. The van der Waals surface area contributed by atoms with Crippen molar-refractivity contribution in [1.29, 1.82) is 0 Å². The van der Waals surface area contributed by atoms with Crippen molar-refractivity contribution in [3.63, 3.8) is 0 Å². The zero-order valence-corrected chi connectivity index (χ0v) is 23.6. The molecule has 12 nitrogen and oxygen atoms in total. The Kier molecular flexibility index (Phi) is 8.80. The number of pyridine rings is 1. The van der Waals surface area contributed by atoms with Gasteiger partial charge in [-0.05, 0) is 44.1 Å². The van der Waals surface area contributed by atoms with Gasteiger partial charge in [0.25, 0.3) is 15.6 Å². The van der Waals surface area contributed by atoms with Crippen molar-refractivity contribution in [2.24, 2.45) is 0 Å². The lowest BCUT2D eigenvalue weighted by molar-refractivity contribution is 0.0321. The molecule has 0 aromatic carbocycles. The molecule has 208 valence electrons. The van der Waals surface area contributed by atoms with Gasteiger partial charge in [0.1, 0.15) is 18.2 Å². The third kappa shape index (κ3) is 6.71. The number of morpholine rings is 1. The van der Waals surface area contributed by atoms with E-state index in [-0.39, 0.29) is 21.5 Å². The molecule has 1 aliphatic rings. The summed E-state index contributed by atoms with van der Waals surface area (Å²) >= 11 is 1.07. The molecule has 14 heteroatoms. The predicted molar refractivity (Wildman–Crippen MR) is 152 cm³/mol. The van der Waals surface area contributed by atoms with Crippen LogP contribution < -0.4 is 20.8 Å². The first-order chi connectivity index (χ1) is 18.6. The normalized spacial score (nSPS) is 14.8. The van der Waals surface area contributed by atoms with Crippen molar-refractivity contribution in [3.8, 4) is 5.75 Å². The molecule has 0 atom stereocenters. The van der Waals surface area contributed by atoms with Gasteiger partial charge in [0.05, 0.1) is 35.8 Å². The number of rotatable bonds is 10. The van der Waals surface area contributed by atoms with Crippen molar-refractivity contribution in [1.82, 2.24) is 24.4 Å². The molecule has 0 bridgehead atoms. The molecule has 1 fully saturated rings. The fraction of sp³-hybridized carbons (Fsp3) is 0.360. The topological polar surface area (TPSA) is 155 Å². The first-order valence-electron chi connectivity index (χ1n) is 12.2. The summed E-state index contributed by atoms with van der Waals surface area (Å²) in [4.78, 5) is 28.1. The van der Waals surface area contributed by atoms with Crippen LogP contribution in [0.4, 0.5) is 11.5 Å². The monoisotopic (exact) mass is 573 g/mol. The molecule has 0 radical (unpaired) electrons. The zero-order chi connectivity index (χ0) is 28.2. The van der Waals surface area contributed by atoms with Crippen LogP contribution in [-0.2, 0) is 14.8 Å². The largest absolute Gasteiger partial charge is 0.485 e. The Balaban J connectivity index is 1.58. The van der Waals surface area contributed by atoms with Crippen LogP contribution in [0.15, 0.2) is 34.0 Å². The first-order valence-corrected chi connectivity index (χ1v) is 14.5. The average Bonchev–Trinajstić information content (AvgIpc) is 3.26. The minimum absolute atomic E-state index is 0.00953. The fourth-order valence-electron chi connectivity index (χ4n) is 3.94. The number of hydrogen-bond donors (Lipinski definition) is 2. The van der Waals surface area contributed by atoms with Gasteiger partial charge in [-0.25, -0.2) is 23.4 Å².